The Morgan fingerprint density at radius 1 is 0.418 bits per heavy atom. The Morgan fingerprint density at radius 2 is 0.818 bits per heavy atom. The largest absolute Gasteiger partial charge is 0.481 e. The fraction of sp³-hybridized carbons (Fsp3) is 0.860. The Balaban J connectivity index is 3.64. The van der Waals surface area contributed by atoms with Gasteiger partial charge < -0.3 is 29.2 Å². The smallest absolute Gasteiger partial charge is 0.306 e. The Bertz CT molecular complexity index is 1010. The first-order chi connectivity index (χ1) is 26.5. The molecule has 0 aliphatic carbocycles. The van der Waals surface area contributed by atoms with Crippen LogP contribution in [-0.2, 0) is 47.7 Å². The number of aliphatic carboxylic acids is 2. The summed E-state index contributed by atoms with van der Waals surface area (Å²) >= 11 is 0. The highest BCUT2D eigenvalue weighted by Gasteiger charge is 2.22. The van der Waals surface area contributed by atoms with Gasteiger partial charge in [-0.3, -0.25) is 28.8 Å². The molecule has 0 fully saturated rings. The molecule has 0 aromatic rings. The molecule has 1 atom stereocenters. The van der Waals surface area contributed by atoms with Gasteiger partial charge in [-0.15, -0.1) is 0 Å². The Morgan fingerprint density at radius 3 is 1.27 bits per heavy atom. The molecule has 0 bridgehead atoms. The number of ketones is 4. The van der Waals surface area contributed by atoms with E-state index in [-0.39, 0.29) is 81.0 Å². The molecule has 0 saturated carbocycles. The van der Waals surface area contributed by atoms with Crippen LogP contribution in [-0.4, -0.2) is 98.1 Å². The van der Waals surface area contributed by atoms with Gasteiger partial charge in [-0.25, -0.2) is 0 Å². The van der Waals surface area contributed by atoms with Crippen LogP contribution in [0.2, 0.25) is 0 Å². The van der Waals surface area contributed by atoms with Gasteiger partial charge in [0.05, 0.1) is 32.3 Å². The van der Waals surface area contributed by atoms with E-state index in [9.17, 15) is 33.9 Å². The third kappa shape index (κ3) is 38.1. The van der Waals surface area contributed by atoms with E-state index in [0.717, 1.165) is 44.9 Å². The molecule has 0 aromatic heterocycles. The molecule has 55 heavy (non-hydrogen) atoms. The molecule has 0 spiro atoms. The lowest BCUT2D eigenvalue weighted by molar-refractivity contribution is -0.144. The fourth-order valence-electron chi connectivity index (χ4n) is 6.00. The first kappa shape index (κ1) is 52.5. The van der Waals surface area contributed by atoms with Crippen LogP contribution in [0.4, 0.5) is 0 Å². The van der Waals surface area contributed by atoms with Gasteiger partial charge in [-0.1, -0.05) is 104 Å². The Hall–Kier alpha value is -2.54. The van der Waals surface area contributed by atoms with Crippen molar-refractivity contribution in [3.63, 3.8) is 0 Å². The topological polar surface area (TPSA) is 180 Å². The second kappa shape index (κ2) is 38.3. The third-order valence-corrected chi connectivity index (χ3v) is 9.58. The van der Waals surface area contributed by atoms with E-state index in [1.54, 1.807) is 0 Å². The van der Waals surface area contributed by atoms with Crippen LogP contribution < -0.4 is 0 Å². The third-order valence-electron chi connectivity index (χ3n) is 9.58. The average Bonchev–Trinajstić information content (AvgIpc) is 3.14. The molecule has 0 amide bonds. The summed E-state index contributed by atoms with van der Waals surface area (Å²) in [5.74, 6) is -2.66. The summed E-state index contributed by atoms with van der Waals surface area (Å²) in [4.78, 5) is 70.4. The molecule has 2 N–H and O–H groups in total. The lowest BCUT2D eigenvalue weighted by Gasteiger charge is -2.11. The molecule has 0 aliphatic heterocycles. The number of carbonyl (C=O) groups is 6. The molecule has 0 saturated heterocycles. The number of ether oxygens (including phenoxy) is 4. The number of hydrogen-bond acceptors (Lipinski definition) is 10. The van der Waals surface area contributed by atoms with Crippen LogP contribution in [0.25, 0.3) is 0 Å². The highest BCUT2D eigenvalue weighted by molar-refractivity contribution is 5.84. The van der Waals surface area contributed by atoms with Crippen LogP contribution in [0.1, 0.15) is 174 Å². The number of unbranched alkanes of at least 4 members (excludes halogenated alkanes) is 15. The van der Waals surface area contributed by atoms with Crippen molar-refractivity contribution in [3.05, 3.63) is 0 Å². The van der Waals surface area contributed by atoms with E-state index in [1.165, 1.54) is 57.8 Å². The van der Waals surface area contributed by atoms with Gasteiger partial charge in [0, 0.05) is 57.7 Å². The minimum Gasteiger partial charge on any atom is -0.481 e. The quantitative estimate of drug-likeness (QED) is 0.0563. The van der Waals surface area contributed by atoms with Crippen molar-refractivity contribution >= 4 is 35.1 Å². The molecular formula is C43H76O12. The van der Waals surface area contributed by atoms with Crippen molar-refractivity contribution in [1.29, 1.82) is 0 Å². The Kier molecular flexibility index (Phi) is 36.6. The van der Waals surface area contributed by atoms with Crippen LogP contribution in [0.3, 0.4) is 0 Å². The van der Waals surface area contributed by atoms with Crippen molar-refractivity contribution in [1.82, 2.24) is 0 Å². The summed E-state index contributed by atoms with van der Waals surface area (Å²) in [7, 11) is 0. The molecular weight excluding hydrogens is 708 g/mol. The van der Waals surface area contributed by atoms with Crippen molar-refractivity contribution in [3.8, 4) is 0 Å². The summed E-state index contributed by atoms with van der Waals surface area (Å²) in [6.07, 6.45) is 20.9. The molecule has 12 nitrogen and oxygen atoms in total. The standard InChI is InChI=1S/C43H76O12/c1-36(2)41(47)35-55-32-30-53-28-20-23-40(46)34-54-31-29-52-27-19-22-38(44)26-25-37(43(50)51)33-39(45)21-17-15-13-11-9-7-5-3-4-6-8-10-12-14-16-18-24-42(48)49/h36-37H,3-35H2,1-2H3,(H,48,49)(H,50,51)/t37-/m1/s1. The zero-order valence-electron chi connectivity index (χ0n) is 34.5. The maximum absolute atomic E-state index is 12.4. The molecule has 0 unspecified atom stereocenters. The number of carbonyl (C=O) groups excluding carboxylic acids is 4. The first-order valence-corrected chi connectivity index (χ1v) is 21.4. The van der Waals surface area contributed by atoms with Crippen LogP contribution in [0.5, 0.6) is 0 Å². The monoisotopic (exact) mass is 785 g/mol. The SMILES string of the molecule is CC(C)C(=O)COCCOCCCC(=O)COCCOCCCC(=O)CC[C@H](CC(=O)CCCCCCCCCCCCCCCCCCC(=O)O)C(=O)O. The molecule has 0 heterocycles. The lowest BCUT2D eigenvalue weighted by atomic mass is 9.93. The van der Waals surface area contributed by atoms with Gasteiger partial charge in [0.2, 0.25) is 0 Å². The zero-order chi connectivity index (χ0) is 40.8. The molecule has 12 heteroatoms. The van der Waals surface area contributed by atoms with E-state index in [0.29, 0.717) is 58.7 Å². The van der Waals surface area contributed by atoms with Crippen molar-refractivity contribution in [2.24, 2.45) is 11.8 Å². The summed E-state index contributed by atoms with van der Waals surface area (Å²) in [6.45, 7) is 5.81. The maximum atomic E-state index is 12.4. The maximum Gasteiger partial charge on any atom is 0.306 e. The van der Waals surface area contributed by atoms with Gasteiger partial charge in [0.25, 0.3) is 0 Å². The minimum absolute atomic E-state index is 0.000639. The van der Waals surface area contributed by atoms with E-state index in [2.05, 4.69) is 0 Å². The van der Waals surface area contributed by atoms with E-state index in [4.69, 9.17) is 24.1 Å². The molecule has 0 rings (SSSR count). The minimum atomic E-state index is -1.03. The predicted octanol–water partition coefficient (Wildman–Crippen LogP) is 8.52. The normalized spacial score (nSPS) is 11.9. The number of carboxylic acid groups (broad SMARTS) is 2. The highest BCUT2D eigenvalue weighted by atomic mass is 16.5. The highest BCUT2D eigenvalue weighted by Crippen LogP contribution is 2.18. The summed E-state index contributed by atoms with van der Waals surface area (Å²) < 4.78 is 21.5. The van der Waals surface area contributed by atoms with E-state index >= 15 is 0 Å². The van der Waals surface area contributed by atoms with Crippen molar-refractivity contribution < 1.29 is 57.9 Å². The molecule has 0 aliphatic rings. The first-order valence-electron chi connectivity index (χ1n) is 21.4. The lowest BCUT2D eigenvalue weighted by Crippen LogP contribution is -2.19. The van der Waals surface area contributed by atoms with Gasteiger partial charge in [-0.2, -0.15) is 0 Å². The van der Waals surface area contributed by atoms with Gasteiger partial charge >= 0.3 is 11.9 Å². The van der Waals surface area contributed by atoms with Gasteiger partial charge in [0.1, 0.15) is 24.8 Å². The summed E-state index contributed by atoms with van der Waals surface area (Å²) in [5, 5.41) is 18.2. The van der Waals surface area contributed by atoms with Crippen LogP contribution in [0.15, 0.2) is 0 Å². The van der Waals surface area contributed by atoms with Crippen LogP contribution >= 0.6 is 0 Å². The zero-order valence-corrected chi connectivity index (χ0v) is 34.5. The predicted molar refractivity (Wildman–Crippen MR) is 212 cm³/mol. The van der Waals surface area contributed by atoms with Gasteiger partial charge in [-0.05, 0) is 32.1 Å². The molecule has 320 valence electrons. The second-order valence-electron chi connectivity index (χ2n) is 15.1. The summed E-state index contributed by atoms with van der Waals surface area (Å²) in [6, 6.07) is 0. The summed E-state index contributed by atoms with van der Waals surface area (Å²) in [5.41, 5.74) is 0. The van der Waals surface area contributed by atoms with Crippen molar-refractivity contribution in [2.45, 2.75) is 174 Å². The number of carboxylic acids is 2. The Labute approximate surface area is 331 Å². The fourth-order valence-corrected chi connectivity index (χ4v) is 6.00. The average molecular weight is 785 g/mol. The number of Topliss-reactive ketones (excluding diaryl/α,β-unsaturated/α-hetero) is 4. The van der Waals surface area contributed by atoms with E-state index < -0.39 is 17.9 Å². The number of rotatable bonds is 44. The van der Waals surface area contributed by atoms with Crippen LogP contribution in [0, 0.1) is 11.8 Å². The van der Waals surface area contributed by atoms with E-state index in [1.807, 2.05) is 13.8 Å². The molecule has 0 radical (unpaired) electrons. The van der Waals surface area contributed by atoms with Crippen molar-refractivity contribution in [2.75, 3.05) is 52.9 Å². The molecule has 0 aromatic carbocycles. The second-order valence-corrected chi connectivity index (χ2v) is 15.1. The number of hydrogen-bond donors (Lipinski definition) is 2. The van der Waals surface area contributed by atoms with Gasteiger partial charge in [0.15, 0.2) is 11.6 Å².